The number of likely N-dealkylation sites (N-methyl/N-ethyl adjacent to an activating group) is 1. The first-order chi connectivity index (χ1) is 9.21. The number of methoxy groups -OCH3 is 1. The number of aromatic nitrogens is 1. The van der Waals surface area contributed by atoms with Gasteiger partial charge in [0.25, 0.3) is 0 Å². The summed E-state index contributed by atoms with van der Waals surface area (Å²) in [6.45, 7) is 2.18. The van der Waals surface area contributed by atoms with Crippen molar-refractivity contribution < 1.29 is 4.74 Å². The quantitative estimate of drug-likeness (QED) is 0.881. The Kier molecular flexibility index (Phi) is 4.93. The number of hydrogen-bond donors (Lipinski definition) is 1. The summed E-state index contributed by atoms with van der Waals surface area (Å²) in [6, 6.07) is 8.65. The lowest BCUT2D eigenvalue weighted by atomic mass is 10.1. The minimum atomic E-state index is 0.491. The second kappa shape index (κ2) is 6.68. The lowest BCUT2D eigenvalue weighted by Gasteiger charge is -2.06. The van der Waals surface area contributed by atoms with Gasteiger partial charge in [-0.05, 0) is 38.1 Å². The number of thiazole rings is 1. The number of ether oxygens (including phenoxy) is 1. The van der Waals surface area contributed by atoms with Gasteiger partial charge in [0.05, 0.1) is 12.1 Å². The first-order valence-corrected chi connectivity index (χ1v) is 7.26. The summed E-state index contributed by atoms with van der Waals surface area (Å²) in [7, 11) is 3.68. The minimum Gasteiger partial charge on any atom is -0.497 e. The van der Waals surface area contributed by atoms with Crippen molar-refractivity contribution >= 4 is 11.3 Å². The van der Waals surface area contributed by atoms with Crippen LogP contribution in [0.3, 0.4) is 0 Å². The highest BCUT2D eigenvalue weighted by molar-refractivity contribution is 7.11. The molecule has 1 aromatic carbocycles. The van der Waals surface area contributed by atoms with Gasteiger partial charge in [-0.15, -0.1) is 11.3 Å². The Bertz CT molecular complexity index is 524. The van der Waals surface area contributed by atoms with Crippen LogP contribution in [0.2, 0.25) is 0 Å². The molecule has 0 saturated heterocycles. The molecule has 0 aliphatic rings. The molecule has 1 heterocycles. The summed E-state index contributed by atoms with van der Waals surface area (Å²) in [4.78, 5) is 5.84. The van der Waals surface area contributed by atoms with Crippen molar-refractivity contribution in [2.75, 3.05) is 14.2 Å². The predicted octanol–water partition coefficient (Wildman–Crippen LogP) is 2.89. The first kappa shape index (κ1) is 14.0. The van der Waals surface area contributed by atoms with Crippen LogP contribution in [0.15, 0.2) is 30.5 Å². The Morgan fingerprint density at radius 2 is 2.26 bits per heavy atom. The highest BCUT2D eigenvalue weighted by atomic mass is 32.1. The largest absolute Gasteiger partial charge is 0.497 e. The van der Waals surface area contributed by atoms with E-state index in [-0.39, 0.29) is 0 Å². The van der Waals surface area contributed by atoms with Crippen molar-refractivity contribution in [1.82, 2.24) is 10.3 Å². The van der Waals surface area contributed by atoms with Crippen LogP contribution in [0.1, 0.15) is 22.4 Å². The van der Waals surface area contributed by atoms with E-state index < -0.39 is 0 Å². The molecular weight excluding hydrogens is 256 g/mol. The molecular formula is C15H20N2OS. The fourth-order valence-corrected chi connectivity index (χ4v) is 2.97. The van der Waals surface area contributed by atoms with Gasteiger partial charge in [-0.1, -0.05) is 12.1 Å². The molecule has 0 fully saturated rings. The van der Waals surface area contributed by atoms with Crippen LogP contribution < -0.4 is 10.1 Å². The van der Waals surface area contributed by atoms with E-state index in [9.17, 15) is 0 Å². The van der Waals surface area contributed by atoms with Crippen molar-refractivity contribution in [3.05, 3.63) is 45.9 Å². The molecule has 0 radical (unpaired) electrons. The average Bonchev–Trinajstić information content (AvgIpc) is 2.86. The maximum Gasteiger partial charge on any atom is 0.119 e. The summed E-state index contributed by atoms with van der Waals surface area (Å²) < 4.78 is 5.24. The molecule has 19 heavy (non-hydrogen) atoms. The Labute approximate surface area is 118 Å². The van der Waals surface area contributed by atoms with E-state index in [2.05, 4.69) is 29.4 Å². The van der Waals surface area contributed by atoms with E-state index in [1.807, 2.05) is 25.4 Å². The van der Waals surface area contributed by atoms with E-state index in [0.29, 0.717) is 6.04 Å². The maximum atomic E-state index is 5.24. The van der Waals surface area contributed by atoms with Crippen molar-refractivity contribution in [3.63, 3.8) is 0 Å². The second-order valence-corrected chi connectivity index (χ2v) is 5.84. The standard InChI is InChI=1S/C15H20N2OS/c1-11(16-2)7-14-10-17-15(19-14)9-12-5-4-6-13(8-12)18-3/h4-6,8,10-11,16H,7,9H2,1-3H3. The van der Waals surface area contributed by atoms with E-state index in [4.69, 9.17) is 4.74 Å². The Balaban J connectivity index is 2.02. The van der Waals surface area contributed by atoms with Crippen LogP contribution in [-0.4, -0.2) is 25.2 Å². The van der Waals surface area contributed by atoms with E-state index in [1.54, 1.807) is 18.4 Å². The van der Waals surface area contributed by atoms with Crippen molar-refractivity contribution in [3.8, 4) is 5.75 Å². The zero-order chi connectivity index (χ0) is 13.7. The van der Waals surface area contributed by atoms with Gasteiger partial charge in [0.2, 0.25) is 0 Å². The van der Waals surface area contributed by atoms with Crippen LogP contribution in [0.5, 0.6) is 5.75 Å². The molecule has 1 N–H and O–H groups in total. The maximum absolute atomic E-state index is 5.24. The third kappa shape index (κ3) is 4.04. The lowest BCUT2D eigenvalue weighted by molar-refractivity contribution is 0.414. The Morgan fingerprint density at radius 1 is 1.42 bits per heavy atom. The van der Waals surface area contributed by atoms with Gasteiger partial charge in [0.1, 0.15) is 5.75 Å². The number of nitrogens with zero attached hydrogens (tertiary/aromatic N) is 1. The molecule has 0 aliphatic carbocycles. The summed E-state index contributed by atoms with van der Waals surface area (Å²) in [5.41, 5.74) is 1.24. The molecule has 1 atom stereocenters. The second-order valence-electron chi connectivity index (χ2n) is 4.64. The number of rotatable bonds is 6. The van der Waals surface area contributed by atoms with E-state index in [0.717, 1.165) is 23.6 Å². The van der Waals surface area contributed by atoms with E-state index >= 15 is 0 Å². The van der Waals surface area contributed by atoms with Gasteiger partial charge >= 0.3 is 0 Å². The topological polar surface area (TPSA) is 34.2 Å². The normalized spacial score (nSPS) is 12.4. The van der Waals surface area contributed by atoms with Gasteiger partial charge in [0.15, 0.2) is 0 Å². The predicted molar refractivity (Wildman–Crippen MR) is 80.1 cm³/mol. The first-order valence-electron chi connectivity index (χ1n) is 6.45. The number of benzene rings is 1. The third-order valence-corrected chi connectivity index (χ3v) is 4.11. The van der Waals surface area contributed by atoms with Gasteiger partial charge in [-0.25, -0.2) is 4.98 Å². The molecule has 0 amide bonds. The van der Waals surface area contributed by atoms with Crippen LogP contribution in [-0.2, 0) is 12.8 Å². The molecule has 3 nitrogen and oxygen atoms in total. The number of nitrogens with one attached hydrogen (secondary N) is 1. The van der Waals surface area contributed by atoms with Gasteiger partial charge in [0, 0.05) is 23.5 Å². The summed E-state index contributed by atoms with van der Waals surface area (Å²) in [5, 5.41) is 4.41. The SMILES string of the molecule is CNC(C)Cc1cnc(Cc2cccc(OC)c2)s1. The molecule has 1 unspecified atom stereocenters. The highest BCUT2D eigenvalue weighted by Gasteiger charge is 2.07. The zero-order valence-corrected chi connectivity index (χ0v) is 12.5. The monoisotopic (exact) mass is 276 g/mol. The summed E-state index contributed by atoms with van der Waals surface area (Å²) >= 11 is 1.79. The molecule has 4 heteroatoms. The van der Waals surface area contributed by atoms with Crippen LogP contribution in [0.4, 0.5) is 0 Å². The molecule has 102 valence electrons. The van der Waals surface area contributed by atoms with Crippen molar-refractivity contribution in [2.24, 2.45) is 0 Å². The zero-order valence-electron chi connectivity index (χ0n) is 11.6. The minimum absolute atomic E-state index is 0.491. The lowest BCUT2D eigenvalue weighted by Crippen LogP contribution is -2.22. The molecule has 1 aromatic heterocycles. The molecule has 0 bridgehead atoms. The highest BCUT2D eigenvalue weighted by Crippen LogP contribution is 2.20. The molecule has 0 saturated carbocycles. The molecule has 0 aliphatic heterocycles. The molecule has 2 rings (SSSR count). The summed E-state index contributed by atoms with van der Waals surface area (Å²) in [6.07, 6.45) is 3.90. The van der Waals surface area contributed by atoms with E-state index in [1.165, 1.54) is 10.4 Å². The van der Waals surface area contributed by atoms with Crippen molar-refractivity contribution in [2.45, 2.75) is 25.8 Å². The van der Waals surface area contributed by atoms with Gasteiger partial charge in [-0.2, -0.15) is 0 Å². The van der Waals surface area contributed by atoms with Crippen LogP contribution >= 0.6 is 11.3 Å². The van der Waals surface area contributed by atoms with Crippen LogP contribution in [0.25, 0.3) is 0 Å². The number of hydrogen-bond acceptors (Lipinski definition) is 4. The van der Waals surface area contributed by atoms with Crippen LogP contribution in [0, 0.1) is 0 Å². The molecule has 2 aromatic rings. The van der Waals surface area contributed by atoms with Crippen molar-refractivity contribution in [1.29, 1.82) is 0 Å². The fraction of sp³-hybridized carbons (Fsp3) is 0.400. The Hall–Kier alpha value is -1.39. The average molecular weight is 276 g/mol. The van der Waals surface area contributed by atoms with Gasteiger partial charge < -0.3 is 10.1 Å². The summed E-state index contributed by atoms with van der Waals surface area (Å²) in [5.74, 6) is 0.901. The Morgan fingerprint density at radius 3 is 3.00 bits per heavy atom. The third-order valence-electron chi connectivity index (χ3n) is 3.09. The molecule has 0 spiro atoms. The fourth-order valence-electron chi connectivity index (χ4n) is 1.89. The van der Waals surface area contributed by atoms with Gasteiger partial charge in [-0.3, -0.25) is 0 Å². The smallest absolute Gasteiger partial charge is 0.119 e.